The highest BCUT2D eigenvalue weighted by Crippen LogP contribution is 2.21. The average molecular weight is 374 g/mol. The third kappa shape index (κ3) is 4.96. The topological polar surface area (TPSA) is 97.1 Å². The van der Waals surface area contributed by atoms with Gasteiger partial charge in [0.05, 0.1) is 11.3 Å². The molecule has 1 aromatic carbocycles. The highest BCUT2D eigenvalue weighted by atomic mass is 32.1. The first-order chi connectivity index (χ1) is 12.6. The summed E-state index contributed by atoms with van der Waals surface area (Å²) in [6.45, 7) is 0. The molecule has 0 aliphatic rings. The van der Waals surface area contributed by atoms with Gasteiger partial charge in [-0.1, -0.05) is 23.4 Å². The Morgan fingerprint density at radius 3 is 2.62 bits per heavy atom. The number of hydrogen-bond donors (Lipinski definition) is 2. The summed E-state index contributed by atoms with van der Waals surface area (Å²) in [6.07, 6.45) is 0.384. The first kappa shape index (κ1) is 17.7. The number of aryl methyl sites for hydroxylation is 1. The Morgan fingerprint density at radius 1 is 1.12 bits per heavy atom. The molecule has 0 aliphatic heterocycles. The second-order valence-electron chi connectivity index (χ2n) is 5.39. The number of carbonyl (C=O) groups is 2. The molecule has 0 radical (unpaired) electrons. The van der Waals surface area contributed by atoms with Crippen LogP contribution in [0.3, 0.4) is 0 Å². The molecule has 3 rings (SSSR count). The van der Waals surface area contributed by atoms with Crippen molar-refractivity contribution in [1.29, 1.82) is 0 Å². The third-order valence-electron chi connectivity index (χ3n) is 3.39. The van der Waals surface area contributed by atoms with E-state index in [9.17, 15) is 14.0 Å². The predicted molar refractivity (Wildman–Crippen MR) is 92.3 cm³/mol. The molecule has 2 aromatic heterocycles. The van der Waals surface area contributed by atoms with Crippen LogP contribution in [0.15, 0.2) is 46.3 Å². The standard InChI is InChI=1S/C17H15FN4O3S/c18-12-5-3-11(4-6-12)10-15(24)21-20-14(23)7-8-16-19-17(22-25-16)13-2-1-9-26-13/h1-6,9H,7-8,10H2,(H,20,23)(H,21,24). The van der Waals surface area contributed by atoms with E-state index in [4.69, 9.17) is 4.52 Å². The van der Waals surface area contributed by atoms with Crippen LogP contribution < -0.4 is 10.9 Å². The van der Waals surface area contributed by atoms with Crippen molar-refractivity contribution in [3.05, 3.63) is 59.0 Å². The summed E-state index contributed by atoms with van der Waals surface area (Å²) in [5.41, 5.74) is 5.27. The quantitative estimate of drug-likeness (QED) is 0.645. The highest BCUT2D eigenvalue weighted by Gasteiger charge is 2.12. The van der Waals surface area contributed by atoms with E-state index in [-0.39, 0.29) is 31.0 Å². The number of aromatic nitrogens is 2. The van der Waals surface area contributed by atoms with Crippen LogP contribution in [-0.4, -0.2) is 22.0 Å². The Morgan fingerprint density at radius 2 is 1.88 bits per heavy atom. The molecule has 2 N–H and O–H groups in total. The molecule has 9 heteroatoms. The van der Waals surface area contributed by atoms with E-state index in [1.54, 1.807) is 0 Å². The van der Waals surface area contributed by atoms with E-state index in [0.29, 0.717) is 17.3 Å². The van der Waals surface area contributed by atoms with Crippen molar-refractivity contribution in [2.75, 3.05) is 0 Å². The molecule has 26 heavy (non-hydrogen) atoms. The first-order valence-electron chi connectivity index (χ1n) is 7.79. The SMILES string of the molecule is O=C(CCc1nc(-c2cccs2)no1)NNC(=O)Cc1ccc(F)cc1. The lowest BCUT2D eigenvalue weighted by atomic mass is 10.1. The van der Waals surface area contributed by atoms with Gasteiger partial charge >= 0.3 is 0 Å². The molecular formula is C17H15FN4O3S. The minimum Gasteiger partial charge on any atom is -0.339 e. The van der Waals surface area contributed by atoms with Crippen molar-refractivity contribution in [1.82, 2.24) is 21.0 Å². The molecule has 2 amide bonds. The van der Waals surface area contributed by atoms with Gasteiger partial charge in [0.15, 0.2) is 0 Å². The number of hydrazine groups is 1. The summed E-state index contributed by atoms with van der Waals surface area (Å²) < 4.78 is 17.9. The van der Waals surface area contributed by atoms with Crippen LogP contribution in [0.5, 0.6) is 0 Å². The monoisotopic (exact) mass is 374 g/mol. The minimum absolute atomic E-state index is 0.0361. The number of thiophene rings is 1. The fraction of sp³-hybridized carbons (Fsp3) is 0.176. The van der Waals surface area contributed by atoms with Crippen LogP contribution >= 0.6 is 11.3 Å². The summed E-state index contributed by atoms with van der Waals surface area (Å²) in [7, 11) is 0. The van der Waals surface area contributed by atoms with Crippen molar-refractivity contribution >= 4 is 23.2 Å². The highest BCUT2D eigenvalue weighted by molar-refractivity contribution is 7.13. The number of hydrogen-bond acceptors (Lipinski definition) is 6. The third-order valence-corrected chi connectivity index (χ3v) is 4.26. The maximum absolute atomic E-state index is 12.8. The second-order valence-corrected chi connectivity index (χ2v) is 6.34. The van der Waals surface area contributed by atoms with Gasteiger partial charge in [0, 0.05) is 12.8 Å². The molecular weight excluding hydrogens is 359 g/mol. The van der Waals surface area contributed by atoms with Crippen molar-refractivity contribution in [2.24, 2.45) is 0 Å². The van der Waals surface area contributed by atoms with Crippen molar-refractivity contribution in [3.8, 4) is 10.7 Å². The zero-order chi connectivity index (χ0) is 18.4. The van der Waals surface area contributed by atoms with Gasteiger partial charge in [0.2, 0.25) is 23.5 Å². The number of nitrogens with one attached hydrogen (secondary N) is 2. The number of carbonyl (C=O) groups excluding carboxylic acids is 2. The number of nitrogens with zero attached hydrogens (tertiary/aromatic N) is 2. The maximum atomic E-state index is 12.8. The largest absolute Gasteiger partial charge is 0.339 e. The summed E-state index contributed by atoms with van der Waals surface area (Å²) in [5.74, 6) is -0.314. The Labute approximate surface area is 152 Å². The van der Waals surface area contributed by atoms with E-state index < -0.39 is 5.91 Å². The van der Waals surface area contributed by atoms with Crippen LogP contribution in [-0.2, 0) is 22.4 Å². The van der Waals surface area contributed by atoms with Crippen molar-refractivity contribution < 1.29 is 18.5 Å². The van der Waals surface area contributed by atoms with Gasteiger partial charge in [0.1, 0.15) is 5.82 Å². The van der Waals surface area contributed by atoms with Crippen LogP contribution in [0.4, 0.5) is 4.39 Å². The number of amides is 2. The zero-order valence-electron chi connectivity index (χ0n) is 13.6. The molecule has 0 unspecified atom stereocenters. The summed E-state index contributed by atoms with van der Waals surface area (Å²) in [5, 5.41) is 5.77. The Kier molecular flexibility index (Phi) is 5.69. The summed E-state index contributed by atoms with van der Waals surface area (Å²) >= 11 is 1.49. The van der Waals surface area contributed by atoms with Crippen LogP contribution in [0, 0.1) is 5.82 Å². The van der Waals surface area contributed by atoms with Crippen LogP contribution in [0.25, 0.3) is 10.7 Å². The number of halogens is 1. The van der Waals surface area contributed by atoms with Gasteiger partial charge in [-0.05, 0) is 29.1 Å². The van der Waals surface area contributed by atoms with E-state index in [0.717, 1.165) is 4.88 Å². The van der Waals surface area contributed by atoms with E-state index >= 15 is 0 Å². The lowest BCUT2D eigenvalue weighted by Gasteiger charge is -2.06. The molecule has 2 heterocycles. The fourth-order valence-electron chi connectivity index (χ4n) is 2.12. The second kappa shape index (κ2) is 8.34. The molecule has 3 aromatic rings. The summed E-state index contributed by atoms with van der Waals surface area (Å²) in [6, 6.07) is 9.34. The molecule has 134 valence electrons. The Balaban J connectivity index is 1.40. The van der Waals surface area contributed by atoms with Gasteiger partial charge in [0.25, 0.3) is 0 Å². The van der Waals surface area contributed by atoms with Gasteiger partial charge in [-0.2, -0.15) is 4.98 Å². The molecule has 0 bridgehead atoms. The normalized spacial score (nSPS) is 10.5. The van der Waals surface area contributed by atoms with Crippen molar-refractivity contribution in [2.45, 2.75) is 19.3 Å². The maximum Gasteiger partial charge on any atom is 0.242 e. The van der Waals surface area contributed by atoms with Crippen molar-refractivity contribution in [3.63, 3.8) is 0 Å². The minimum atomic E-state index is -0.400. The molecule has 0 saturated carbocycles. The molecule has 0 atom stereocenters. The molecule has 0 spiro atoms. The lowest BCUT2D eigenvalue weighted by Crippen LogP contribution is -2.42. The zero-order valence-corrected chi connectivity index (χ0v) is 14.4. The first-order valence-corrected chi connectivity index (χ1v) is 8.67. The molecule has 0 aliphatic carbocycles. The van der Waals surface area contributed by atoms with Gasteiger partial charge in [-0.25, -0.2) is 4.39 Å². The molecule has 0 fully saturated rings. The number of rotatable bonds is 6. The summed E-state index contributed by atoms with van der Waals surface area (Å²) in [4.78, 5) is 28.6. The Bertz CT molecular complexity index is 878. The molecule has 7 nitrogen and oxygen atoms in total. The lowest BCUT2D eigenvalue weighted by molar-refractivity contribution is -0.128. The predicted octanol–water partition coefficient (Wildman–Crippen LogP) is 2.26. The van der Waals surface area contributed by atoms with Gasteiger partial charge in [-0.15, -0.1) is 11.3 Å². The Hall–Kier alpha value is -3.07. The van der Waals surface area contributed by atoms with E-state index in [2.05, 4.69) is 21.0 Å². The average Bonchev–Trinajstić information content (AvgIpc) is 3.31. The van der Waals surface area contributed by atoms with Gasteiger partial charge < -0.3 is 4.52 Å². The number of benzene rings is 1. The fourth-order valence-corrected chi connectivity index (χ4v) is 2.77. The van der Waals surface area contributed by atoms with Crippen LogP contribution in [0.1, 0.15) is 17.9 Å². The van der Waals surface area contributed by atoms with Gasteiger partial charge in [-0.3, -0.25) is 20.4 Å². The molecule has 0 saturated heterocycles. The van der Waals surface area contributed by atoms with Crippen LogP contribution in [0.2, 0.25) is 0 Å². The van der Waals surface area contributed by atoms with E-state index in [1.807, 2.05) is 17.5 Å². The smallest absolute Gasteiger partial charge is 0.242 e. The van der Waals surface area contributed by atoms with E-state index in [1.165, 1.54) is 35.6 Å².